The van der Waals surface area contributed by atoms with Gasteiger partial charge >= 0.3 is 0 Å². The summed E-state index contributed by atoms with van der Waals surface area (Å²) in [5, 5.41) is 7.11. The van der Waals surface area contributed by atoms with Gasteiger partial charge in [0.05, 0.1) is 0 Å². The highest BCUT2D eigenvalue weighted by Gasteiger charge is 2.19. The van der Waals surface area contributed by atoms with Gasteiger partial charge in [0.15, 0.2) is 17.5 Å². The number of aryl methyl sites for hydroxylation is 1. The number of benzene rings is 7. The van der Waals surface area contributed by atoms with E-state index in [9.17, 15) is 0 Å². The molecule has 10 rings (SSSR count). The predicted octanol–water partition coefficient (Wildman–Crippen LogP) is 12.3. The molecular formula is C47H31N3O. The highest BCUT2D eigenvalue weighted by molar-refractivity contribution is 6.17. The average molecular weight is 654 g/mol. The first-order chi connectivity index (χ1) is 25.3. The van der Waals surface area contributed by atoms with Gasteiger partial charge in [0.25, 0.3) is 0 Å². The lowest BCUT2D eigenvalue weighted by Crippen LogP contribution is -2.00. The first-order valence-electron chi connectivity index (χ1n) is 17.4. The fourth-order valence-electron chi connectivity index (χ4n) is 7.58. The van der Waals surface area contributed by atoms with Gasteiger partial charge in [-0.1, -0.05) is 146 Å². The summed E-state index contributed by atoms with van der Waals surface area (Å²) >= 11 is 0. The number of furan rings is 1. The summed E-state index contributed by atoms with van der Waals surface area (Å²) < 4.78 is 6.23. The number of rotatable bonds is 4. The zero-order chi connectivity index (χ0) is 33.7. The van der Waals surface area contributed by atoms with Gasteiger partial charge in [0.2, 0.25) is 0 Å². The summed E-state index contributed by atoms with van der Waals surface area (Å²) in [4.78, 5) is 15.2. The fraction of sp³-hybridized carbons (Fsp3) is 0.0426. The molecule has 1 aliphatic carbocycles. The molecule has 0 radical (unpaired) electrons. The van der Waals surface area contributed by atoms with Crippen molar-refractivity contribution in [3.05, 3.63) is 169 Å². The van der Waals surface area contributed by atoms with Crippen LogP contribution in [0, 0.1) is 0 Å². The van der Waals surface area contributed by atoms with Crippen LogP contribution in [0.4, 0.5) is 0 Å². The van der Waals surface area contributed by atoms with E-state index in [0.717, 1.165) is 57.0 Å². The lowest BCUT2D eigenvalue weighted by atomic mass is 9.86. The quantitative estimate of drug-likeness (QED) is 0.177. The highest BCUT2D eigenvalue weighted by atomic mass is 16.3. The second-order valence-corrected chi connectivity index (χ2v) is 13.1. The van der Waals surface area contributed by atoms with Gasteiger partial charge in [-0.3, -0.25) is 0 Å². The van der Waals surface area contributed by atoms with Gasteiger partial charge < -0.3 is 4.42 Å². The van der Waals surface area contributed by atoms with Gasteiger partial charge in [-0.25, -0.2) is 15.0 Å². The maximum absolute atomic E-state index is 6.23. The number of hydrogen-bond donors (Lipinski definition) is 0. The number of para-hydroxylation sites is 1. The summed E-state index contributed by atoms with van der Waals surface area (Å²) in [6, 6.07) is 48.7. The molecule has 0 aliphatic heterocycles. The van der Waals surface area contributed by atoms with Crippen LogP contribution < -0.4 is 0 Å². The minimum absolute atomic E-state index is 0.612. The summed E-state index contributed by atoms with van der Waals surface area (Å²) in [6.07, 6.45) is 10.9. The topological polar surface area (TPSA) is 51.8 Å². The zero-order valence-electron chi connectivity index (χ0n) is 27.8. The van der Waals surface area contributed by atoms with Crippen molar-refractivity contribution in [2.45, 2.75) is 12.8 Å². The van der Waals surface area contributed by atoms with Gasteiger partial charge in [0, 0.05) is 27.5 Å². The summed E-state index contributed by atoms with van der Waals surface area (Å²) in [6.45, 7) is 0. The molecule has 0 N–H and O–H groups in total. The van der Waals surface area contributed by atoms with Crippen LogP contribution in [-0.4, -0.2) is 15.0 Å². The monoisotopic (exact) mass is 653 g/mol. The molecule has 0 bridgehead atoms. The molecule has 51 heavy (non-hydrogen) atoms. The smallest absolute Gasteiger partial charge is 0.164 e. The highest BCUT2D eigenvalue weighted by Crippen LogP contribution is 2.41. The normalized spacial score (nSPS) is 14.0. The molecular weight excluding hydrogens is 623 g/mol. The summed E-state index contributed by atoms with van der Waals surface area (Å²) in [5.41, 5.74) is 9.52. The molecule has 7 aromatic carbocycles. The molecule has 1 aliphatic rings. The van der Waals surface area contributed by atoms with E-state index in [4.69, 9.17) is 19.4 Å². The van der Waals surface area contributed by atoms with Crippen molar-refractivity contribution in [3.63, 3.8) is 0 Å². The predicted molar refractivity (Wildman–Crippen MR) is 210 cm³/mol. The Balaban J connectivity index is 1.15. The SMILES string of the molecule is C1=C\CCc2cc(-c3ccc(-c4nc(-c5ccccc5)nc(-c5cccc6oc7ccccc7c56)n4)cc3)c3c(ccc4ccccc43)c2\C=C/1. The second-order valence-electron chi connectivity index (χ2n) is 13.1. The van der Waals surface area contributed by atoms with E-state index < -0.39 is 0 Å². The van der Waals surface area contributed by atoms with E-state index in [1.54, 1.807) is 0 Å². The number of aromatic nitrogens is 3. The van der Waals surface area contributed by atoms with E-state index in [2.05, 4.69) is 103 Å². The number of fused-ring (bicyclic) bond motifs is 8. The lowest BCUT2D eigenvalue weighted by molar-refractivity contribution is 0.669. The molecule has 9 aromatic rings. The Morgan fingerprint density at radius 2 is 1.18 bits per heavy atom. The van der Waals surface area contributed by atoms with Crippen LogP contribution >= 0.6 is 0 Å². The molecule has 0 spiro atoms. The van der Waals surface area contributed by atoms with Crippen LogP contribution in [0.1, 0.15) is 17.5 Å². The third kappa shape index (κ3) is 5.03. The Kier molecular flexibility index (Phi) is 6.91. The fourth-order valence-corrected chi connectivity index (χ4v) is 7.58. The molecule has 240 valence electrons. The van der Waals surface area contributed by atoms with Crippen LogP contribution in [0.25, 0.3) is 94.8 Å². The van der Waals surface area contributed by atoms with E-state index in [1.165, 1.54) is 38.2 Å². The molecule has 0 saturated carbocycles. The van der Waals surface area contributed by atoms with Crippen molar-refractivity contribution in [1.82, 2.24) is 15.0 Å². The molecule has 4 heteroatoms. The van der Waals surface area contributed by atoms with E-state index >= 15 is 0 Å². The largest absolute Gasteiger partial charge is 0.456 e. The van der Waals surface area contributed by atoms with Gasteiger partial charge in [-0.2, -0.15) is 0 Å². The van der Waals surface area contributed by atoms with Crippen LogP contribution in [0.15, 0.2) is 162 Å². The lowest BCUT2D eigenvalue weighted by Gasteiger charge is -2.18. The first-order valence-corrected chi connectivity index (χ1v) is 17.4. The minimum atomic E-state index is 0.612. The summed E-state index contributed by atoms with van der Waals surface area (Å²) in [7, 11) is 0. The molecule has 0 saturated heterocycles. The Bertz CT molecular complexity index is 2850. The Morgan fingerprint density at radius 3 is 2.04 bits per heavy atom. The van der Waals surface area contributed by atoms with Crippen molar-refractivity contribution in [2.75, 3.05) is 0 Å². The van der Waals surface area contributed by atoms with Gasteiger partial charge in [-0.15, -0.1) is 0 Å². The van der Waals surface area contributed by atoms with Crippen LogP contribution in [-0.2, 0) is 6.42 Å². The molecule has 4 nitrogen and oxygen atoms in total. The standard InChI is InChI=1S/C47H31N3O/c1-2-7-17-35-34(16-4-1)29-40(43-36-18-9-8-13-30(36)27-28-37(35)43)31-23-25-33(26-24-31)46-48-45(32-14-5-3-6-15-32)49-47(50-46)39-20-12-22-42-44(39)38-19-10-11-21-41(38)51-42/h1-3,5-15,17-29H,4,16H2/b2-1-,17-7-. The molecule has 0 atom stereocenters. The van der Waals surface area contributed by atoms with Crippen LogP contribution in [0.3, 0.4) is 0 Å². The molecule has 0 fully saturated rings. The maximum atomic E-state index is 6.23. The van der Waals surface area contributed by atoms with E-state index in [0.29, 0.717) is 17.5 Å². The Labute approximate surface area is 295 Å². The Hall–Kier alpha value is -6.65. The third-order valence-electron chi connectivity index (χ3n) is 10.0. The minimum Gasteiger partial charge on any atom is -0.456 e. The Morgan fingerprint density at radius 1 is 0.471 bits per heavy atom. The second kappa shape index (κ2) is 12.0. The van der Waals surface area contributed by atoms with Crippen molar-refractivity contribution in [3.8, 4) is 45.3 Å². The van der Waals surface area contributed by atoms with Crippen molar-refractivity contribution in [2.24, 2.45) is 0 Å². The van der Waals surface area contributed by atoms with Crippen LogP contribution in [0.2, 0.25) is 0 Å². The molecule has 0 unspecified atom stereocenters. The summed E-state index contributed by atoms with van der Waals surface area (Å²) in [5.74, 6) is 1.87. The van der Waals surface area contributed by atoms with Crippen LogP contribution in [0.5, 0.6) is 0 Å². The van der Waals surface area contributed by atoms with Crippen molar-refractivity contribution < 1.29 is 4.42 Å². The van der Waals surface area contributed by atoms with Gasteiger partial charge in [0.1, 0.15) is 11.2 Å². The average Bonchev–Trinajstić information content (AvgIpc) is 3.57. The zero-order valence-corrected chi connectivity index (χ0v) is 27.8. The van der Waals surface area contributed by atoms with Crippen molar-refractivity contribution >= 4 is 49.6 Å². The molecule has 0 amide bonds. The molecule has 2 heterocycles. The van der Waals surface area contributed by atoms with E-state index in [-0.39, 0.29) is 0 Å². The molecule has 2 aromatic heterocycles. The van der Waals surface area contributed by atoms with Gasteiger partial charge in [-0.05, 0) is 74.8 Å². The number of allylic oxidation sites excluding steroid dienone is 3. The number of hydrogen-bond acceptors (Lipinski definition) is 4. The first kappa shape index (κ1) is 29.3. The third-order valence-corrected chi connectivity index (χ3v) is 10.0. The van der Waals surface area contributed by atoms with E-state index in [1.807, 2.05) is 60.7 Å². The maximum Gasteiger partial charge on any atom is 0.164 e. The number of nitrogens with zero attached hydrogens (tertiary/aromatic N) is 3. The van der Waals surface area contributed by atoms with Crippen molar-refractivity contribution in [1.29, 1.82) is 0 Å².